The molecule has 0 radical (unpaired) electrons. The molecular weight excluding hydrogens is 242 g/mol. The van der Waals surface area contributed by atoms with Crippen LogP contribution < -0.4 is 5.32 Å². The minimum Gasteiger partial charge on any atom is -0.396 e. The Morgan fingerprint density at radius 1 is 1.32 bits per heavy atom. The van der Waals surface area contributed by atoms with Crippen LogP contribution in [0.4, 0.5) is 0 Å². The molecule has 0 heterocycles. The van der Waals surface area contributed by atoms with Crippen LogP contribution >= 0.6 is 0 Å². The molecule has 0 aromatic heterocycles. The molecule has 1 aromatic rings. The number of methoxy groups -OCH3 is 1. The van der Waals surface area contributed by atoms with Crippen molar-refractivity contribution < 1.29 is 14.6 Å². The molecule has 19 heavy (non-hydrogen) atoms. The van der Waals surface area contributed by atoms with Gasteiger partial charge in [0.25, 0.3) is 5.91 Å². The summed E-state index contributed by atoms with van der Waals surface area (Å²) in [5.41, 5.74) is 2.19. The summed E-state index contributed by atoms with van der Waals surface area (Å²) in [6, 6.07) is 5.74. The maximum absolute atomic E-state index is 12.3. The number of amides is 1. The van der Waals surface area contributed by atoms with Crippen LogP contribution in [0.5, 0.6) is 0 Å². The van der Waals surface area contributed by atoms with Gasteiger partial charge in [-0.2, -0.15) is 0 Å². The lowest BCUT2D eigenvalue weighted by Gasteiger charge is -2.29. The van der Waals surface area contributed by atoms with E-state index < -0.39 is 5.54 Å². The Morgan fingerprint density at radius 2 is 1.89 bits per heavy atom. The number of aliphatic hydroxyl groups is 1. The Balaban J connectivity index is 2.87. The summed E-state index contributed by atoms with van der Waals surface area (Å²) in [5, 5.41) is 12.0. The fraction of sp³-hybridized carbons (Fsp3) is 0.533. The van der Waals surface area contributed by atoms with Gasteiger partial charge in [-0.25, -0.2) is 0 Å². The standard InChI is InChI=1S/C15H23NO3/c1-11-7-12(2)9-13(8-11)14(18)16-15(3,5-6-17)10-19-4/h7-9,17H,5-6,10H2,1-4H3,(H,16,18). The molecule has 4 heteroatoms. The molecule has 106 valence electrons. The summed E-state index contributed by atoms with van der Waals surface area (Å²) >= 11 is 0. The summed E-state index contributed by atoms with van der Waals surface area (Å²) in [5.74, 6) is -0.139. The first-order valence-electron chi connectivity index (χ1n) is 6.41. The molecule has 0 saturated carbocycles. The van der Waals surface area contributed by atoms with Crippen molar-refractivity contribution in [3.8, 4) is 0 Å². The van der Waals surface area contributed by atoms with Crippen LogP contribution in [0.2, 0.25) is 0 Å². The molecule has 4 nitrogen and oxygen atoms in total. The van der Waals surface area contributed by atoms with Gasteiger partial charge in [0.15, 0.2) is 0 Å². The van der Waals surface area contributed by atoms with Gasteiger partial charge in [0, 0.05) is 19.3 Å². The van der Waals surface area contributed by atoms with Gasteiger partial charge in [-0.15, -0.1) is 0 Å². The van der Waals surface area contributed by atoms with Gasteiger partial charge in [-0.1, -0.05) is 17.2 Å². The molecule has 0 aliphatic rings. The van der Waals surface area contributed by atoms with Crippen molar-refractivity contribution in [1.82, 2.24) is 5.32 Å². The molecule has 1 rings (SSSR count). The maximum Gasteiger partial charge on any atom is 0.251 e. The normalized spacial score (nSPS) is 13.9. The number of nitrogens with one attached hydrogen (secondary N) is 1. The number of hydrogen-bond donors (Lipinski definition) is 2. The fourth-order valence-corrected chi connectivity index (χ4v) is 2.19. The molecular formula is C15H23NO3. The topological polar surface area (TPSA) is 58.6 Å². The second kappa shape index (κ2) is 6.68. The van der Waals surface area contributed by atoms with Crippen molar-refractivity contribution in [3.05, 3.63) is 34.9 Å². The lowest BCUT2D eigenvalue weighted by atomic mass is 9.98. The fourth-order valence-electron chi connectivity index (χ4n) is 2.19. The van der Waals surface area contributed by atoms with Gasteiger partial charge in [0.05, 0.1) is 12.1 Å². The molecule has 0 spiro atoms. The second-order valence-corrected chi connectivity index (χ2v) is 5.30. The van der Waals surface area contributed by atoms with Crippen LogP contribution in [0.1, 0.15) is 34.8 Å². The van der Waals surface area contributed by atoms with Crippen molar-refractivity contribution in [2.75, 3.05) is 20.3 Å². The van der Waals surface area contributed by atoms with Crippen LogP contribution in [-0.2, 0) is 4.74 Å². The van der Waals surface area contributed by atoms with Crippen molar-refractivity contribution in [1.29, 1.82) is 0 Å². The Kier molecular flexibility index (Phi) is 5.51. The second-order valence-electron chi connectivity index (χ2n) is 5.30. The summed E-state index contributed by atoms with van der Waals surface area (Å²) in [6.07, 6.45) is 0.456. The largest absolute Gasteiger partial charge is 0.396 e. The summed E-state index contributed by atoms with van der Waals surface area (Å²) in [7, 11) is 1.58. The number of carbonyl (C=O) groups excluding carboxylic acids is 1. The van der Waals surface area contributed by atoms with Gasteiger partial charge in [-0.3, -0.25) is 4.79 Å². The maximum atomic E-state index is 12.3. The van der Waals surface area contributed by atoms with E-state index in [1.807, 2.05) is 39.0 Å². The van der Waals surface area contributed by atoms with Gasteiger partial charge in [0.2, 0.25) is 0 Å². The van der Waals surface area contributed by atoms with E-state index in [0.717, 1.165) is 11.1 Å². The quantitative estimate of drug-likeness (QED) is 0.825. The third-order valence-corrected chi connectivity index (χ3v) is 3.03. The van der Waals surface area contributed by atoms with Crippen molar-refractivity contribution in [2.24, 2.45) is 0 Å². The van der Waals surface area contributed by atoms with Gasteiger partial charge < -0.3 is 15.2 Å². The highest BCUT2D eigenvalue weighted by molar-refractivity contribution is 5.95. The third kappa shape index (κ3) is 4.65. The van der Waals surface area contributed by atoms with Gasteiger partial charge >= 0.3 is 0 Å². The number of ether oxygens (including phenoxy) is 1. The SMILES string of the molecule is COCC(C)(CCO)NC(=O)c1cc(C)cc(C)c1. The predicted molar refractivity (Wildman–Crippen MR) is 75.4 cm³/mol. The van der Waals surface area contributed by atoms with E-state index in [9.17, 15) is 4.79 Å². The number of hydrogen-bond acceptors (Lipinski definition) is 3. The van der Waals surface area contributed by atoms with Crippen LogP contribution in [0.15, 0.2) is 18.2 Å². The Labute approximate surface area is 114 Å². The highest BCUT2D eigenvalue weighted by Gasteiger charge is 2.26. The number of aryl methyl sites for hydroxylation is 2. The lowest BCUT2D eigenvalue weighted by Crippen LogP contribution is -2.50. The Hall–Kier alpha value is -1.39. The third-order valence-electron chi connectivity index (χ3n) is 3.03. The van der Waals surface area contributed by atoms with Crippen LogP contribution in [0.3, 0.4) is 0 Å². The van der Waals surface area contributed by atoms with Crippen LogP contribution in [-0.4, -0.2) is 36.9 Å². The highest BCUT2D eigenvalue weighted by Crippen LogP contribution is 2.13. The smallest absolute Gasteiger partial charge is 0.251 e. The van der Waals surface area contributed by atoms with Crippen molar-refractivity contribution in [3.63, 3.8) is 0 Å². The lowest BCUT2D eigenvalue weighted by molar-refractivity contribution is 0.0725. The van der Waals surface area contributed by atoms with E-state index in [0.29, 0.717) is 18.6 Å². The summed E-state index contributed by atoms with van der Waals surface area (Å²) < 4.78 is 5.12. The summed E-state index contributed by atoms with van der Waals surface area (Å²) in [4.78, 5) is 12.3. The first kappa shape index (κ1) is 15.7. The average molecular weight is 265 g/mol. The van der Waals surface area contributed by atoms with Crippen LogP contribution in [0.25, 0.3) is 0 Å². The molecule has 2 N–H and O–H groups in total. The Bertz CT molecular complexity index is 417. The Morgan fingerprint density at radius 3 is 2.37 bits per heavy atom. The molecule has 1 aromatic carbocycles. The zero-order valence-electron chi connectivity index (χ0n) is 12.1. The number of rotatable bonds is 6. The van der Waals surface area contributed by atoms with E-state index in [1.165, 1.54) is 0 Å². The van der Waals surface area contributed by atoms with E-state index in [4.69, 9.17) is 9.84 Å². The molecule has 0 fully saturated rings. The predicted octanol–water partition coefficient (Wildman–Crippen LogP) is 1.82. The number of carbonyl (C=O) groups is 1. The zero-order valence-corrected chi connectivity index (χ0v) is 12.1. The number of benzene rings is 1. The minimum atomic E-state index is -0.557. The van der Waals surface area contributed by atoms with Gasteiger partial charge in [0.1, 0.15) is 0 Å². The molecule has 0 aliphatic heterocycles. The number of aliphatic hydroxyl groups excluding tert-OH is 1. The average Bonchev–Trinajstić information content (AvgIpc) is 2.27. The zero-order chi connectivity index (χ0) is 14.5. The molecule has 0 aliphatic carbocycles. The molecule has 0 saturated heterocycles. The van der Waals surface area contributed by atoms with E-state index in [2.05, 4.69) is 5.32 Å². The van der Waals surface area contributed by atoms with E-state index >= 15 is 0 Å². The molecule has 0 bridgehead atoms. The molecule has 1 atom stereocenters. The molecule has 1 amide bonds. The van der Waals surface area contributed by atoms with E-state index in [1.54, 1.807) is 7.11 Å². The minimum absolute atomic E-state index is 0.00693. The van der Waals surface area contributed by atoms with Crippen molar-refractivity contribution >= 4 is 5.91 Å². The first-order valence-corrected chi connectivity index (χ1v) is 6.41. The highest BCUT2D eigenvalue weighted by atomic mass is 16.5. The van der Waals surface area contributed by atoms with Gasteiger partial charge in [-0.05, 0) is 39.3 Å². The summed E-state index contributed by atoms with van der Waals surface area (Å²) in [6.45, 7) is 6.17. The first-order chi connectivity index (χ1) is 8.90. The van der Waals surface area contributed by atoms with Crippen molar-refractivity contribution in [2.45, 2.75) is 32.7 Å². The van der Waals surface area contributed by atoms with Crippen LogP contribution in [0, 0.1) is 13.8 Å². The monoisotopic (exact) mass is 265 g/mol. The molecule has 1 unspecified atom stereocenters. The van der Waals surface area contributed by atoms with E-state index in [-0.39, 0.29) is 12.5 Å².